The fraction of sp³-hybridized carbons (Fsp3) is 0.950. The summed E-state index contributed by atoms with van der Waals surface area (Å²) in [6.07, 6.45) is 16.9. The second-order valence-electron chi connectivity index (χ2n) is 6.72. The highest BCUT2D eigenvalue weighted by molar-refractivity contribution is 9.09. The zero-order valence-corrected chi connectivity index (χ0v) is 17.2. The fourth-order valence-corrected chi connectivity index (χ4v) is 3.32. The summed E-state index contributed by atoms with van der Waals surface area (Å²) in [6.45, 7) is 5.15. The van der Waals surface area contributed by atoms with Crippen molar-refractivity contribution in [3.05, 3.63) is 0 Å². The van der Waals surface area contributed by atoms with Gasteiger partial charge in [0.25, 0.3) is 0 Å². The highest BCUT2D eigenvalue weighted by Crippen LogP contribution is 2.21. The van der Waals surface area contributed by atoms with Gasteiger partial charge in [-0.15, -0.1) is 0 Å². The predicted octanol–water partition coefficient (Wildman–Crippen LogP) is 7.04. The molecule has 0 saturated carbocycles. The van der Waals surface area contributed by atoms with Crippen LogP contribution in [-0.4, -0.2) is 17.9 Å². The van der Waals surface area contributed by atoms with Gasteiger partial charge in [-0.2, -0.15) is 0 Å². The first-order valence-corrected chi connectivity index (χ1v) is 11.1. The van der Waals surface area contributed by atoms with Gasteiger partial charge in [-0.05, 0) is 25.2 Å². The second-order valence-corrected chi connectivity index (χ2v) is 7.51. The Kier molecular flexibility index (Phi) is 18.3. The van der Waals surface area contributed by atoms with Gasteiger partial charge in [0.15, 0.2) is 0 Å². The van der Waals surface area contributed by atoms with E-state index in [0.717, 1.165) is 30.5 Å². The summed E-state index contributed by atoms with van der Waals surface area (Å²) < 4.78 is 5.42. The molecule has 0 spiro atoms. The minimum Gasteiger partial charge on any atom is -0.466 e. The molecule has 0 aromatic rings. The van der Waals surface area contributed by atoms with E-state index in [2.05, 4.69) is 29.8 Å². The Balaban J connectivity index is 3.86. The molecule has 0 aliphatic carbocycles. The molecular formula is C20H39BrO2. The normalized spacial score (nSPS) is 11.1. The third-order valence-corrected chi connectivity index (χ3v) is 5.05. The largest absolute Gasteiger partial charge is 0.466 e. The maximum atomic E-state index is 11.7. The molecule has 0 aromatic heterocycles. The van der Waals surface area contributed by atoms with Crippen molar-refractivity contribution < 1.29 is 9.53 Å². The molecule has 23 heavy (non-hydrogen) atoms. The highest BCUT2D eigenvalue weighted by Gasteiger charge is 2.10. The van der Waals surface area contributed by atoms with Crippen molar-refractivity contribution in [1.29, 1.82) is 0 Å². The number of halogens is 1. The minimum absolute atomic E-state index is 0.0123. The Hall–Kier alpha value is -0.0500. The maximum Gasteiger partial charge on any atom is 0.305 e. The Labute approximate surface area is 153 Å². The van der Waals surface area contributed by atoms with E-state index in [1.807, 2.05) is 0 Å². The molecule has 3 heteroatoms. The van der Waals surface area contributed by atoms with Gasteiger partial charge < -0.3 is 4.74 Å². The Morgan fingerprint density at radius 3 is 1.96 bits per heavy atom. The van der Waals surface area contributed by atoms with Crippen LogP contribution in [0.3, 0.4) is 0 Å². The second kappa shape index (κ2) is 18.3. The van der Waals surface area contributed by atoms with E-state index in [1.165, 1.54) is 64.2 Å². The number of unbranched alkanes of at least 4 members (excludes halogenated alkanes) is 7. The number of alkyl halides is 1. The number of carbonyl (C=O) groups is 1. The highest BCUT2D eigenvalue weighted by atomic mass is 79.9. The lowest BCUT2D eigenvalue weighted by molar-refractivity contribution is -0.144. The molecule has 138 valence electrons. The molecule has 0 aliphatic rings. The summed E-state index contributed by atoms with van der Waals surface area (Å²) in [5.74, 6) is 0.737. The van der Waals surface area contributed by atoms with Crippen LogP contribution < -0.4 is 0 Å². The first kappa shape index (κ1) is 22.9. The molecule has 0 bridgehead atoms. The number of hydrogen-bond acceptors (Lipinski definition) is 2. The number of ether oxygens (including phenoxy) is 1. The summed E-state index contributed by atoms with van der Waals surface area (Å²) >= 11 is 3.39. The average molecular weight is 391 g/mol. The molecule has 0 aromatic carbocycles. The molecule has 0 saturated heterocycles. The Bertz CT molecular complexity index is 244. The maximum absolute atomic E-state index is 11.7. The van der Waals surface area contributed by atoms with Gasteiger partial charge in [0.1, 0.15) is 0 Å². The monoisotopic (exact) mass is 390 g/mol. The molecule has 0 fully saturated rings. The molecule has 0 N–H and O–H groups in total. The molecule has 0 radical (unpaired) electrons. The van der Waals surface area contributed by atoms with Crippen LogP contribution in [0.5, 0.6) is 0 Å². The van der Waals surface area contributed by atoms with E-state index < -0.39 is 0 Å². The summed E-state index contributed by atoms with van der Waals surface area (Å²) in [5.41, 5.74) is 0. The smallest absolute Gasteiger partial charge is 0.305 e. The topological polar surface area (TPSA) is 26.3 Å². The van der Waals surface area contributed by atoms with E-state index in [0.29, 0.717) is 13.0 Å². The summed E-state index contributed by atoms with van der Waals surface area (Å²) in [4.78, 5) is 11.7. The number of esters is 1. The summed E-state index contributed by atoms with van der Waals surface area (Å²) in [5, 5.41) is 0.970. The van der Waals surface area contributed by atoms with Crippen LogP contribution >= 0.6 is 15.9 Å². The lowest BCUT2D eigenvalue weighted by Gasteiger charge is -2.17. The van der Waals surface area contributed by atoms with Crippen molar-refractivity contribution in [2.75, 3.05) is 11.9 Å². The van der Waals surface area contributed by atoms with Gasteiger partial charge >= 0.3 is 5.97 Å². The van der Waals surface area contributed by atoms with E-state index in [9.17, 15) is 4.79 Å². The first-order valence-electron chi connectivity index (χ1n) is 9.96. The van der Waals surface area contributed by atoms with Crippen LogP contribution in [0.25, 0.3) is 0 Å². The standard InChI is InChI=1S/C20H39BrO2/c1-3-5-7-9-13-19(14-10-8-6-4-2)16-18-23-20(22)15-11-12-17-21/h19H,3-18H2,1-2H3. The van der Waals surface area contributed by atoms with Crippen molar-refractivity contribution in [2.45, 2.75) is 104 Å². The molecule has 0 unspecified atom stereocenters. The van der Waals surface area contributed by atoms with Gasteiger partial charge in [-0.1, -0.05) is 94.0 Å². The lowest BCUT2D eigenvalue weighted by Crippen LogP contribution is -2.10. The number of rotatable bonds is 17. The third-order valence-electron chi connectivity index (χ3n) is 4.49. The van der Waals surface area contributed by atoms with Gasteiger partial charge in [0.2, 0.25) is 0 Å². The van der Waals surface area contributed by atoms with Crippen LogP contribution in [0.4, 0.5) is 0 Å². The molecule has 0 amide bonds. The first-order chi connectivity index (χ1) is 11.2. The minimum atomic E-state index is -0.0123. The SMILES string of the molecule is CCCCCCC(CCCCCC)CCOC(=O)CCCCBr. The van der Waals surface area contributed by atoms with E-state index >= 15 is 0 Å². The van der Waals surface area contributed by atoms with E-state index in [4.69, 9.17) is 4.74 Å². The Morgan fingerprint density at radius 2 is 1.43 bits per heavy atom. The van der Waals surface area contributed by atoms with Crippen molar-refractivity contribution in [3.63, 3.8) is 0 Å². The van der Waals surface area contributed by atoms with E-state index in [1.54, 1.807) is 0 Å². The van der Waals surface area contributed by atoms with Crippen molar-refractivity contribution in [1.82, 2.24) is 0 Å². The van der Waals surface area contributed by atoms with Crippen LogP contribution in [0, 0.1) is 5.92 Å². The summed E-state index contributed by atoms with van der Waals surface area (Å²) in [7, 11) is 0. The number of hydrogen-bond donors (Lipinski definition) is 0. The van der Waals surface area contributed by atoms with Gasteiger partial charge in [0.05, 0.1) is 6.61 Å². The van der Waals surface area contributed by atoms with E-state index in [-0.39, 0.29) is 5.97 Å². The van der Waals surface area contributed by atoms with Crippen LogP contribution in [0.2, 0.25) is 0 Å². The average Bonchev–Trinajstić information content (AvgIpc) is 2.55. The number of carbonyl (C=O) groups excluding carboxylic acids is 1. The van der Waals surface area contributed by atoms with Gasteiger partial charge in [-0.25, -0.2) is 0 Å². The summed E-state index contributed by atoms with van der Waals surface area (Å²) in [6, 6.07) is 0. The molecule has 0 rings (SSSR count). The van der Waals surface area contributed by atoms with Crippen LogP contribution in [-0.2, 0) is 9.53 Å². The van der Waals surface area contributed by atoms with Gasteiger partial charge in [-0.3, -0.25) is 4.79 Å². The molecule has 2 nitrogen and oxygen atoms in total. The van der Waals surface area contributed by atoms with Crippen molar-refractivity contribution >= 4 is 21.9 Å². The van der Waals surface area contributed by atoms with Crippen molar-refractivity contribution in [3.8, 4) is 0 Å². The van der Waals surface area contributed by atoms with Crippen LogP contribution in [0.15, 0.2) is 0 Å². The molecule has 0 heterocycles. The molecular weight excluding hydrogens is 352 g/mol. The zero-order valence-electron chi connectivity index (χ0n) is 15.6. The lowest BCUT2D eigenvalue weighted by atomic mass is 9.92. The fourth-order valence-electron chi connectivity index (χ4n) is 2.93. The van der Waals surface area contributed by atoms with Gasteiger partial charge in [0, 0.05) is 11.8 Å². The third kappa shape index (κ3) is 16.6. The Morgan fingerprint density at radius 1 is 0.826 bits per heavy atom. The quantitative estimate of drug-likeness (QED) is 0.151. The molecule has 0 atom stereocenters. The van der Waals surface area contributed by atoms with Crippen molar-refractivity contribution in [2.24, 2.45) is 5.92 Å². The van der Waals surface area contributed by atoms with Crippen LogP contribution in [0.1, 0.15) is 104 Å². The molecule has 0 aliphatic heterocycles. The zero-order chi connectivity index (χ0) is 17.2. The predicted molar refractivity (Wildman–Crippen MR) is 104 cm³/mol.